The van der Waals surface area contributed by atoms with Crippen LogP contribution in [-0.4, -0.2) is 32.5 Å². The number of anilines is 2. The van der Waals surface area contributed by atoms with Crippen molar-refractivity contribution in [2.75, 3.05) is 22.3 Å². The fourth-order valence-electron chi connectivity index (χ4n) is 6.06. The summed E-state index contributed by atoms with van der Waals surface area (Å²) >= 11 is 0. The van der Waals surface area contributed by atoms with Crippen LogP contribution in [0, 0.1) is 23.2 Å². The molecule has 8 heteroatoms. The van der Waals surface area contributed by atoms with Crippen LogP contribution in [0.25, 0.3) is 0 Å². The Hall–Kier alpha value is -2.09. The largest absolute Gasteiger partial charge is 0.347 e. The molecule has 7 nitrogen and oxygen atoms in total. The van der Waals surface area contributed by atoms with E-state index in [1.165, 1.54) is 19.3 Å². The average Bonchev–Trinajstić information content (AvgIpc) is 2.66. The van der Waals surface area contributed by atoms with Crippen molar-refractivity contribution >= 4 is 33.2 Å². The lowest BCUT2D eigenvalue weighted by Crippen LogP contribution is -2.54. The van der Waals surface area contributed by atoms with Crippen molar-refractivity contribution in [1.29, 1.82) is 0 Å². The number of rotatable bonds is 8. The lowest BCUT2D eigenvalue weighted by atomic mass is 9.49. The van der Waals surface area contributed by atoms with Crippen LogP contribution >= 0.6 is 0 Å². The third-order valence-electron chi connectivity index (χ3n) is 6.84. The van der Waals surface area contributed by atoms with Gasteiger partial charge >= 0.3 is 0 Å². The Bertz CT molecular complexity index is 876. The van der Waals surface area contributed by atoms with Crippen LogP contribution in [0.2, 0.25) is 0 Å². The van der Waals surface area contributed by atoms with Crippen molar-refractivity contribution in [1.82, 2.24) is 5.32 Å². The Morgan fingerprint density at radius 3 is 2.03 bits per heavy atom. The monoisotopic (exact) mass is 433 g/mol. The van der Waals surface area contributed by atoms with Crippen LogP contribution in [0.5, 0.6) is 0 Å². The van der Waals surface area contributed by atoms with Gasteiger partial charge in [-0.2, -0.15) is 0 Å². The van der Waals surface area contributed by atoms with Crippen molar-refractivity contribution in [3.05, 3.63) is 24.3 Å². The summed E-state index contributed by atoms with van der Waals surface area (Å²) in [4.78, 5) is 25.2. The van der Waals surface area contributed by atoms with Gasteiger partial charge in [0.05, 0.1) is 12.3 Å². The molecule has 0 spiro atoms. The summed E-state index contributed by atoms with van der Waals surface area (Å²) in [6, 6.07) is 6.50. The molecule has 0 radical (unpaired) electrons. The molecule has 3 N–H and O–H groups in total. The molecule has 0 aromatic heterocycles. The Morgan fingerprint density at radius 1 is 0.967 bits per heavy atom. The molecule has 0 aliphatic heterocycles. The second kappa shape index (κ2) is 8.21. The number of amides is 2. The fraction of sp³-hybridized carbons (Fsp3) is 0.636. The first-order valence-corrected chi connectivity index (χ1v) is 12.6. The molecule has 1 aromatic carbocycles. The third-order valence-corrected chi connectivity index (χ3v) is 8.34. The molecule has 30 heavy (non-hydrogen) atoms. The smallest absolute Gasteiger partial charge is 0.243 e. The quantitative estimate of drug-likeness (QED) is 0.586. The molecule has 2 amide bonds. The molecular weight excluding hydrogens is 402 g/mol. The van der Waals surface area contributed by atoms with Crippen LogP contribution in [0.1, 0.15) is 51.9 Å². The molecule has 5 rings (SSSR count). The van der Waals surface area contributed by atoms with E-state index in [4.69, 9.17) is 0 Å². The first-order chi connectivity index (χ1) is 14.3. The summed E-state index contributed by atoms with van der Waals surface area (Å²) in [7, 11) is -3.34. The highest BCUT2D eigenvalue weighted by Gasteiger charge is 2.54. The summed E-state index contributed by atoms with van der Waals surface area (Å²) < 4.78 is 26.1. The zero-order chi connectivity index (χ0) is 21.4. The molecule has 4 fully saturated rings. The minimum Gasteiger partial charge on any atom is -0.347 e. The van der Waals surface area contributed by atoms with Gasteiger partial charge in [-0.3, -0.25) is 14.3 Å². The summed E-state index contributed by atoms with van der Waals surface area (Å²) in [5.74, 6) is 1.87. The van der Waals surface area contributed by atoms with E-state index in [0.717, 1.165) is 19.3 Å². The molecule has 4 bridgehead atoms. The number of nitrogens with one attached hydrogen (secondary N) is 3. The van der Waals surface area contributed by atoms with E-state index >= 15 is 0 Å². The first kappa shape index (κ1) is 21.2. The van der Waals surface area contributed by atoms with Gasteiger partial charge < -0.3 is 10.6 Å². The van der Waals surface area contributed by atoms with Gasteiger partial charge in [0, 0.05) is 16.8 Å². The Kier molecular flexibility index (Phi) is 5.79. The van der Waals surface area contributed by atoms with Gasteiger partial charge in [-0.05, 0) is 87.0 Å². The van der Waals surface area contributed by atoms with E-state index in [1.54, 1.807) is 31.2 Å². The highest BCUT2D eigenvalue weighted by atomic mass is 32.2. The predicted molar refractivity (Wildman–Crippen MR) is 116 cm³/mol. The van der Waals surface area contributed by atoms with E-state index in [9.17, 15) is 18.0 Å². The molecule has 4 aliphatic rings. The molecule has 0 unspecified atom stereocenters. The zero-order valence-corrected chi connectivity index (χ0v) is 18.3. The lowest BCUT2D eigenvalue weighted by Gasteiger charge is -2.55. The Balaban J connectivity index is 1.27. The third kappa shape index (κ3) is 4.63. The van der Waals surface area contributed by atoms with Crippen molar-refractivity contribution in [2.45, 2.75) is 51.9 Å². The number of carbonyl (C=O) groups is 2. The number of hydrogen-bond donors (Lipinski definition) is 3. The van der Waals surface area contributed by atoms with Crippen LogP contribution in [-0.2, 0) is 19.6 Å². The normalized spacial score (nSPS) is 29.4. The molecule has 0 atom stereocenters. The molecule has 4 aliphatic carbocycles. The first-order valence-electron chi connectivity index (χ1n) is 11.0. The number of sulfonamides is 1. The maximum atomic E-state index is 12.9. The van der Waals surface area contributed by atoms with Gasteiger partial charge in [0.25, 0.3) is 0 Å². The van der Waals surface area contributed by atoms with Crippen molar-refractivity contribution in [3.63, 3.8) is 0 Å². The van der Waals surface area contributed by atoms with Gasteiger partial charge in [0.2, 0.25) is 21.8 Å². The van der Waals surface area contributed by atoms with E-state index in [2.05, 4.69) is 15.4 Å². The van der Waals surface area contributed by atoms with Crippen molar-refractivity contribution < 1.29 is 18.0 Å². The maximum Gasteiger partial charge on any atom is 0.243 e. The second-order valence-electron chi connectivity index (χ2n) is 9.43. The van der Waals surface area contributed by atoms with Gasteiger partial charge in [0.1, 0.15) is 0 Å². The van der Waals surface area contributed by atoms with Crippen molar-refractivity contribution in [3.8, 4) is 0 Å². The predicted octanol–water partition coefficient (Wildman–Crippen LogP) is 3.11. The highest BCUT2D eigenvalue weighted by molar-refractivity contribution is 7.92. The van der Waals surface area contributed by atoms with Gasteiger partial charge in [0.15, 0.2) is 0 Å². The lowest BCUT2D eigenvalue weighted by molar-refractivity contribution is -0.146. The van der Waals surface area contributed by atoms with Gasteiger partial charge in [-0.1, -0.05) is 6.92 Å². The Morgan fingerprint density at radius 2 is 1.50 bits per heavy atom. The summed E-state index contributed by atoms with van der Waals surface area (Å²) in [5.41, 5.74) is 0.755. The summed E-state index contributed by atoms with van der Waals surface area (Å²) in [6.07, 6.45) is 7.29. The molecule has 0 saturated heterocycles. The summed E-state index contributed by atoms with van der Waals surface area (Å²) in [5, 5.41) is 5.63. The van der Waals surface area contributed by atoms with E-state index in [-0.39, 0.29) is 29.5 Å². The van der Waals surface area contributed by atoms with Crippen molar-refractivity contribution in [2.24, 2.45) is 23.2 Å². The summed E-state index contributed by atoms with van der Waals surface area (Å²) in [6.45, 7) is 1.76. The van der Waals surface area contributed by atoms with Crippen LogP contribution in [0.3, 0.4) is 0 Å². The number of hydrogen-bond acceptors (Lipinski definition) is 4. The maximum absolute atomic E-state index is 12.9. The highest BCUT2D eigenvalue weighted by Crippen LogP contribution is 2.60. The molecular formula is C22H31N3O4S. The van der Waals surface area contributed by atoms with Crippen LogP contribution in [0.15, 0.2) is 24.3 Å². The topological polar surface area (TPSA) is 104 Å². The minimum atomic E-state index is -3.34. The standard InChI is InChI=1S/C22H31N3O4S/c1-2-7-30(28,29)25-19-5-3-18(4-6-19)24-20(26)14-23-21(27)22-11-15-8-16(12-22)10-17(9-15)13-22/h3-6,15-17,25H,2,7-14H2,1H3,(H,23,27)(H,24,26). The second-order valence-corrected chi connectivity index (χ2v) is 11.3. The fourth-order valence-corrected chi connectivity index (χ4v) is 7.20. The van der Waals surface area contributed by atoms with E-state index < -0.39 is 10.0 Å². The van der Waals surface area contributed by atoms with E-state index in [0.29, 0.717) is 35.5 Å². The zero-order valence-electron chi connectivity index (χ0n) is 17.4. The Labute approximate surface area is 178 Å². The van der Waals surface area contributed by atoms with Crippen LogP contribution < -0.4 is 15.4 Å². The molecule has 1 aromatic rings. The molecule has 4 saturated carbocycles. The minimum absolute atomic E-state index is 0.0393. The molecule has 164 valence electrons. The van der Waals surface area contributed by atoms with Gasteiger partial charge in [-0.25, -0.2) is 8.42 Å². The number of benzene rings is 1. The molecule has 0 heterocycles. The SMILES string of the molecule is CCCS(=O)(=O)Nc1ccc(NC(=O)CNC(=O)C23CC4CC(CC(C4)C2)C3)cc1. The average molecular weight is 434 g/mol. The van der Waals surface area contributed by atoms with Crippen LogP contribution in [0.4, 0.5) is 11.4 Å². The van der Waals surface area contributed by atoms with E-state index in [1.807, 2.05) is 0 Å². The number of carbonyl (C=O) groups excluding carboxylic acids is 2. The van der Waals surface area contributed by atoms with Gasteiger partial charge in [-0.15, -0.1) is 0 Å².